The van der Waals surface area contributed by atoms with Crippen LogP contribution in [0.4, 0.5) is 0 Å². The molecule has 3 unspecified atom stereocenters. The molecule has 2 bridgehead atoms. The minimum atomic E-state index is -2.27. The monoisotopic (exact) mass is 631 g/mol. The molecule has 232 valence electrons. The van der Waals surface area contributed by atoms with Gasteiger partial charge in [-0.2, -0.15) is 0 Å². The van der Waals surface area contributed by atoms with E-state index in [4.69, 9.17) is 15.0 Å². The molecule has 0 radical (unpaired) electrons. The first kappa shape index (κ1) is 29.7. The van der Waals surface area contributed by atoms with Crippen LogP contribution in [0.5, 0.6) is 0 Å². The highest BCUT2D eigenvalue weighted by Crippen LogP contribution is 2.60. The summed E-state index contributed by atoms with van der Waals surface area (Å²) in [6.45, 7) is 3.65. The number of nitrogens with zero attached hydrogens (tertiary/aromatic N) is 3. The van der Waals surface area contributed by atoms with Gasteiger partial charge in [0.25, 0.3) is 0 Å². The summed E-state index contributed by atoms with van der Waals surface area (Å²) in [4.78, 5) is 14.8. The molecule has 5 aromatic carbocycles. The molecule has 3 atom stereocenters. The Morgan fingerprint density at radius 3 is 1.36 bits per heavy atom. The quantitative estimate of drug-likeness (QED) is 0.165. The fourth-order valence-corrected chi connectivity index (χ4v) is 8.90. The van der Waals surface area contributed by atoms with Gasteiger partial charge >= 0.3 is 0 Å². The van der Waals surface area contributed by atoms with E-state index in [1.807, 2.05) is 86.1 Å². The lowest BCUT2D eigenvalue weighted by Gasteiger charge is -2.39. The van der Waals surface area contributed by atoms with Crippen molar-refractivity contribution in [3.05, 3.63) is 145 Å². The second kappa shape index (κ2) is 11.9. The van der Waals surface area contributed by atoms with Gasteiger partial charge in [-0.25, -0.2) is 15.0 Å². The zero-order valence-corrected chi connectivity index (χ0v) is 27.8. The summed E-state index contributed by atoms with van der Waals surface area (Å²) >= 11 is 0. The SMILES string of the molecule is CP(C)(=O)c1ccc(-c2ccc(C3(c4ccc(-c5nc(-c6ccccc6)nc(-c6ccccc6)n5)cc4)CC4CCC3C4)cc2)cc1. The number of rotatable bonds is 7. The molecule has 1 heterocycles. The molecule has 6 aromatic rings. The van der Waals surface area contributed by atoms with Crippen molar-refractivity contribution in [2.45, 2.75) is 31.1 Å². The largest absolute Gasteiger partial charge is 0.319 e. The number of aromatic nitrogens is 3. The van der Waals surface area contributed by atoms with Crippen LogP contribution in [0.3, 0.4) is 0 Å². The van der Waals surface area contributed by atoms with Crippen molar-refractivity contribution >= 4 is 12.4 Å². The molecule has 0 spiro atoms. The van der Waals surface area contributed by atoms with Gasteiger partial charge in [0.05, 0.1) is 0 Å². The third-order valence-electron chi connectivity index (χ3n) is 10.4. The topological polar surface area (TPSA) is 55.7 Å². The normalized spacial score (nSPS) is 20.4. The Bertz CT molecular complexity index is 2010. The summed E-state index contributed by atoms with van der Waals surface area (Å²) in [6, 6.07) is 46.8. The second-order valence-electron chi connectivity index (χ2n) is 13.6. The molecule has 2 aliphatic rings. The summed E-state index contributed by atoms with van der Waals surface area (Å²) in [7, 11) is -2.27. The highest BCUT2D eigenvalue weighted by atomic mass is 31.2. The summed E-state index contributed by atoms with van der Waals surface area (Å²) < 4.78 is 12.5. The van der Waals surface area contributed by atoms with Crippen LogP contribution in [0.25, 0.3) is 45.3 Å². The first-order chi connectivity index (χ1) is 22.9. The van der Waals surface area contributed by atoms with E-state index in [-0.39, 0.29) is 5.41 Å². The molecule has 0 aliphatic heterocycles. The maximum Gasteiger partial charge on any atom is 0.164 e. The zero-order valence-electron chi connectivity index (χ0n) is 26.9. The lowest BCUT2D eigenvalue weighted by Crippen LogP contribution is -2.34. The fourth-order valence-electron chi connectivity index (χ4n) is 8.03. The molecular formula is C42H38N3OP. The Morgan fingerprint density at radius 2 is 0.957 bits per heavy atom. The van der Waals surface area contributed by atoms with Crippen LogP contribution in [-0.2, 0) is 9.98 Å². The highest BCUT2D eigenvalue weighted by Gasteiger charge is 2.52. The minimum Gasteiger partial charge on any atom is -0.319 e. The van der Waals surface area contributed by atoms with Crippen molar-refractivity contribution in [1.82, 2.24) is 15.0 Å². The average Bonchev–Trinajstić information content (AvgIpc) is 3.75. The predicted molar refractivity (Wildman–Crippen MR) is 193 cm³/mol. The molecule has 2 saturated carbocycles. The molecule has 4 nitrogen and oxygen atoms in total. The van der Waals surface area contributed by atoms with E-state index < -0.39 is 7.14 Å². The van der Waals surface area contributed by atoms with Crippen molar-refractivity contribution in [2.24, 2.45) is 11.8 Å². The summed E-state index contributed by atoms with van der Waals surface area (Å²) in [5.74, 6) is 3.45. The van der Waals surface area contributed by atoms with Gasteiger partial charge in [0.2, 0.25) is 0 Å². The van der Waals surface area contributed by atoms with Crippen molar-refractivity contribution in [3.63, 3.8) is 0 Å². The molecule has 0 amide bonds. The zero-order chi connectivity index (χ0) is 32.0. The Kier molecular flexibility index (Phi) is 7.50. The van der Waals surface area contributed by atoms with E-state index in [1.165, 1.54) is 42.4 Å². The molecule has 8 rings (SSSR count). The van der Waals surface area contributed by atoms with Gasteiger partial charge in [-0.05, 0) is 66.7 Å². The van der Waals surface area contributed by atoms with Gasteiger partial charge in [-0.15, -0.1) is 0 Å². The number of fused-ring (bicyclic) bond motifs is 2. The van der Waals surface area contributed by atoms with Crippen LogP contribution in [0.1, 0.15) is 36.8 Å². The Morgan fingerprint density at radius 1 is 0.532 bits per heavy atom. The molecule has 1 aromatic heterocycles. The standard InChI is InChI=1S/C42H38N3OP/c1-47(2,46)38-25-18-31(19-26-38)30-14-21-35(22-15-30)42(28-29-13-20-37(42)27-29)36-23-16-34(17-24-36)41-44-39(32-9-5-3-6-10-32)43-40(45-41)33-11-7-4-8-12-33/h3-12,14-19,21-26,29,37H,13,20,27-28H2,1-2H3. The number of hydrogen-bond acceptors (Lipinski definition) is 4. The Labute approximate surface area is 277 Å². The molecule has 0 saturated heterocycles. The average molecular weight is 632 g/mol. The lowest BCUT2D eigenvalue weighted by molar-refractivity contribution is 0.320. The van der Waals surface area contributed by atoms with Gasteiger partial charge in [-0.3, -0.25) is 0 Å². The van der Waals surface area contributed by atoms with Gasteiger partial charge in [-0.1, -0.05) is 140 Å². The summed E-state index contributed by atoms with van der Waals surface area (Å²) in [6.07, 6.45) is 5.10. The first-order valence-electron chi connectivity index (χ1n) is 16.6. The van der Waals surface area contributed by atoms with Crippen molar-refractivity contribution in [2.75, 3.05) is 13.3 Å². The van der Waals surface area contributed by atoms with E-state index in [9.17, 15) is 4.57 Å². The third-order valence-corrected chi connectivity index (χ3v) is 12.0. The van der Waals surface area contributed by atoms with Gasteiger partial charge in [0, 0.05) is 27.4 Å². The van der Waals surface area contributed by atoms with Gasteiger partial charge < -0.3 is 4.57 Å². The van der Waals surface area contributed by atoms with Gasteiger partial charge in [0.1, 0.15) is 7.14 Å². The summed E-state index contributed by atoms with van der Waals surface area (Å²) in [5, 5.41) is 0.923. The molecular weight excluding hydrogens is 593 g/mol. The molecule has 0 N–H and O–H groups in total. The van der Waals surface area contributed by atoms with Crippen LogP contribution in [0.15, 0.2) is 133 Å². The fraction of sp³-hybridized carbons (Fsp3) is 0.214. The Balaban J connectivity index is 1.15. The molecule has 2 aliphatic carbocycles. The lowest BCUT2D eigenvalue weighted by atomic mass is 9.64. The second-order valence-corrected chi connectivity index (χ2v) is 16.9. The Hall–Kier alpha value is -4.66. The maximum absolute atomic E-state index is 12.5. The van der Waals surface area contributed by atoms with E-state index >= 15 is 0 Å². The predicted octanol–water partition coefficient (Wildman–Crippen LogP) is 9.89. The van der Waals surface area contributed by atoms with E-state index in [0.29, 0.717) is 23.4 Å². The van der Waals surface area contributed by atoms with E-state index in [0.717, 1.165) is 33.5 Å². The third kappa shape index (κ3) is 5.55. The van der Waals surface area contributed by atoms with Crippen molar-refractivity contribution in [1.29, 1.82) is 0 Å². The molecule has 47 heavy (non-hydrogen) atoms. The van der Waals surface area contributed by atoms with Crippen LogP contribution in [0.2, 0.25) is 0 Å². The number of benzene rings is 5. The molecule has 5 heteroatoms. The van der Waals surface area contributed by atoms with Crippen LogP contribution < -0.4 is 5.30 Å². The van der Waals surface area contributed by atoms with Crippen LogP contribution >= 0.6 is 7.14 Å². The smallest absolute Gasteiger partial charge is 0.164 e. The highest BCUT2D eigenvalue weighted by molar-refractivity contribution is 7.70. The van der Waals surface area contributed by atoms with E-state index in [1.54, 1.807) is 0 Å². The van der Waals surface area contributed by atoms with Crippen molar-refractivity contribution in [3.8, 4) is 45.3 Å². The first-order valence-corrected chi connectivity index (χ1v) is 19.2. The summed E-state index contributed by atoms with van der Waals surface area (Å²) in [5.41, 5.74) is 8.07. The minimum absolute atomic E-state index is 0.00436. The maximum atomic E-state index is 12.5. The van der Waals surface area contributed by atoms with E-state index in [2.05, 4.69) is 60.7 Å². The van der Waals surface area contributed by atoms with Crippen LogP contribution in [0, 0.1) is 11.8 Å². The van der Waals surface area contributed by atoms with Crippen LogP contribution in [-0.4, -0.2) is 28.3 Å². The molecule has 2 fully saturated rings. The van der Waals surface area contributed by atoms with Crippen molar-refractivity contribution < 1.29 is 4.57 Å². The number of hydrogen-bond donors (Lipinski definition) is 0. The van der Waals surface area contributed by atoms with Gasteiger partial charge in [0.15, 0.2) is 17.5 Å².